The first-order valence-electron chi connectivity index (χ1n) is 30.6. The molecule has 4 heterocycles. The molecule has 14 rings (SSSR count). The minimum Gasteiger partial charge on any atom is -0.509 e. The van der Waals surface area contributed by atoms with Crippen LogP contribution in [0.15, 0.2) is 231 Å². The molecule has 3 aliphatic heterocycles. The smallest absolute Gasteiger partial charge is 0.135 e. The van der Waals surface area contributed by atoms with E-state index in [1.807, 2.05) is 79.6 Å². The third-order valence-electron chi connectivity index (χ3n) is 16.5. The Labute approximate surface area is 511 Å². The van der Waals surface area contributed by atoms with E-state index in [0.29, 0.717) is 28.4 Å². The Kier molecular flexibility index (Phi) is 12.0. The second-order valence-corrected chi connectivity index (χ2v) is 27.6. The molecule has 1 aromatic heterocycles. The van der Waals surface area contributed by atoms with Gasteiger partial charge in [0.15, 0.2) is 0 Å². The molecule has 11 aromatic rings. The van der Waals surface area contributed by atoms with Gasteiger partial charge in [0.2, 0.25) is 0 Å². The molecule has 0 bridgehead atoms. The quantitative estimate of drug-likeness (QED) is 0.112. The average Bonchev–Trinajstić information content (AvgIpc) is 1.48. The predicted molar refractivity (Wildman–Crippen MR) is 344 cm³/mol. The Morgan fingerprint density at radius 3 is 1.78 bits per heavy atom. The summed E-state index contributed by atoms with van der Waals surface area (Å²) in [5, 5.41) is 5.22. The van der Waals surface area contributed by atoms with Crippen molar-refractivity contribution in [3.05, 3.63) is 272 Å². The van der Waals surface area contributed by atoms with E-state index in [1.54, 1.807) is 0 Å². The van der Waals surface area contributed by atoms with Crippen molar-refractivity contribution in [2.75, 3.05) is 14.7 Å². The van der Waals surface area contributed by atoms with Crippen LogP contribution in [0.5, 0.6) is 11.5 Å². The third kappa shape index (κ3) is 9.15. The van der Waals surface area contributed by atoms with Gasteiger partial charge in [0, 0.05) is 72.6 Å². The van der Waals surface area contributed by atoms with Crippen LogP contribution in [0.3, 0.4) is 0 Å². The molecule has 7 heteroatoms. The topological polar surface area (TPSA) is 31.8 Å². The predicted octanol–water partition coefficient (Wildman–Crippen LogP) is 17.2. The second-order valence-electron chi connectivity index (χ2n) is 23.9. The molecule has 0 saturated heterocycles. The summed E-state index contributed by atoms with van der Waals surface area (Å²) >= 11 is 0. The van der Waals surface area contributed by atoms with Crippen LogP contribution in [-0.2, 0) is 31.9 Å². The summed E-state index contributed by atoms with van der Waals surface area (Å²) in [6, 6.07) is 74.1. The Morgan fingerprint density at radius 2 is 1.08 bits per heavy atom. The summed E-state index contributed by atoms with van der Waals surface area (Å²) in [5.74, 6) is 1.80. The number of pyridine rings is 1. The van der Waals surface area contributed by atoms with Gasteiger partial charge in [-0.1, -0.05) is 216 Å². The first kappa shape index (κ1) is 48.0. The van der Waals surface area contributed by atoms with Crippen LogP contribution in [0.2, 0.25) is 0 Å². The summed E-state index contributed by atoms with van der Waals surface area (Å²) in [4.78, 5) is 11.6. The van der Waals surface area contributed by atoms with Gasteiger partial charge in [-0.2, -0.15) is 12.1 Å². The molecule has 5 nitrogen and oxygen atoms in total. The van der Waals surface area contributed by atoms with E-state index in [9.17, 15) is 2.74 Å². The van der Waals surface area contributed by atoms with Crippen molar-refractivity contribution < 1.29 is 32.7 Å². The zero-order chi connectivity index (χ0) is 60.4. The fourth-order valence-electron chi connectivity index (χ4n) is 12.5. The van der Waals surface area contributed by atoms with Gasteiger partial charge < -0.3 is 19.4 Å². The first-order valence-corrected chi connectivity index (χ1v) is 30.1. The number of nitrogens with zero attached hydrogens (tertiary/aromatic N) is 4. The molecular formula is C76H63N4OPtSi-3. The number of fused-ring (bicyclic) bond motifs is 10. The van der Waals surface area contributed by atoms with Crippen LogP contribution < -0.4 is 40.2 Å². The van der Waals surface area contributed by atoms with Crippen molar-refractivity contribution in [1.29, 1.82) is 0 Å². The molecule has 410 valence electrons. The number of para-hydroxylation sites is 4. The molecule has 3 aliphatic rings. The zero-order valence-corrected chi connectivity index (χ0v) is 50.9. The largest absolute Gasteiger partial charge is 0.509 e. The van der Waals surface area contributed by atoms with Gasteiger partial charge in [-0.05, 0) is 121 Å². The number of hydrogen-bond donors (Lipinski definition) is 0. The number of rotatable bonds is 8. The molecule has 0 fully saturated rings. The molecule has 0 unspecified atom stereocenters. The summed E-state index contributed by atoms with van der Waals surface area (Å²) in [5.41, 5.74) is 16.3. The number of ether oxygens (including phenoxy) is 1. The summed E-state index contributed by atoms with van der Waals surface area (Å²) in [7, 11) is -3.01. The number of aromatic nitrogens is 1. The van der Waals surface area contributed by atoms with Crippen molar-refractivity contribution >= 4 is 68.8 Å². The minimum atomic E-state index is -3.01. The molecule has 83 heavy (non-hydrogen) atoms. The van der Waals surface area contributed by atoms with Crippen molar-refractivity contribution in [2.24, 2.45) is 0 Å². The average molecular weight is 1280 g/mol. The third-order valence-corrected chi connectivity index (χ3v) is 21.4. The molecule has 0 radical (unpaired) electrons. The van der Waals surface area contributed by atoms with E-state index in [4.69, 9.17) is 13.8 Å². The van der Waals surface area contributed by atoms with Gasteiger partial charge in [0.1, 0.15) is 13.9 Å². The van der Waals surface area contributed by atoms with E-state index in [2.05, 4.69) is 210 Å². The van der Waals surface area contributed by atoms with Gasteiger partial charge in [-0.15, -0.1) is 47.9 Å². The van der Waals surface area contributed by atoms with Crippen LogP contribution in [0, 0.1) is 32.6 Å². The van der Waals surface area contributed by atoms with Crippen LogP contribution in [0.1, 0.15) is 70.7 Å². The van der Waals surface area contributed by atoms with Crippen LogP contribution in [0.4, 0.5) is 39.9 Å². The molecular weight excluding hydrogens is 1210 g/mol. The number of anilines is 7. The van der Waals surface area contributed by atoms with Gasteiger partial charge in [-0.25, -0.2) is 4.98 Å². The number of hydrogen-bond acceptors (Lipinski definition) is 5. The van der Waals surface area contributed by atoms with E-state index < -0.39 is 26.2 Å². The van der Waals surface area contributed by atoms with Crippen molar-refractivity contribution in [3.63, 3.8) is 0 Å². The van der Waals surface area contributed by atoms with E-state index >= 15 is 0 Å². The van der Waals surface area contributed by atoms with Crippen LogP contribution >= 0.6 is 0 Å². The monoisotopic (exact) mass is 1280 g/mol. The van der Waals surface area contributed by atoms with Gasteiger partial charge in [0.25, 0.3) is 0 Å². The molecule has 0 amide bonds. The summed E-state index contributed by atoms with van der Waals surface area (Å²) in [6.45, 7) is 19.7. The Bertz CT molecular complexity index is 4550. The van der Waals surface area contributed by atoms with Gasteiger partial charge in [-0.3, -0.25) is 0 Å². The second kappa shape index (κ2) is 20.7. The van der Waals surface area contributed by atoms with E-state index in [1.165, 1.54) is 48.6 Å². The number of benzene rings is 10. The molecule has 10 aromatic carbocycles. The van der Waals surface area contributed by atoms with Gasteiger partial charge >= 0.3 is 0 Å². The zero-order valence-electron chi connectivity index (χ0n) is 52.6. The van der Waals surface area contributed by atoms with Gasteiger partial charge in [0.05, 0.1) is 6.85 Å². The van der Waals surface area contributed by atoms with Crippen molar-refractivity contribution in [2.45, 2.75) is 66.2 Å². The molecule has 0 saturated carbocycles. The molecule has 0 N–H and O–H groups in total. The van der Waals surface area contributed by atoms with E-state index in [0.717, 1.165) is 56.4 Å². The summed E-state index contributed by atoms with van der Waals surface area (Å²) in [6.07, 6.45) is 1.92. The summed E-state index contributed by atoms with van der Waals surface area (Å²) < 4.78 is 52.0. The van der Waals surface area contributed by atoms with Crippen LogP contribution in [-0.4, -0.2) is 13.1 Å². The standard InChI is InChI=1S/C76H63N4OSi.Pt/c1-50-33-36-69-63(41-50)64-42-51(2)34-37-70(64)82(69)71-32-18-17-31-67(71)80(73-46-56(39-40-77-73)75(3,4)5)68-48-60(35-38-72(68)82)81-59-26-19-25-58(47-59)78-49-79(66-30-16-15-29-65(66)78)74-61(53-23-13-10-14-24-53)27-20-28-62(74)55-43-54(52-21-11-9-12-22-52)44-57(45-55)76(6,7)8;/h9-46,49H,1-8H3;/q-3;/i10D,13D,14D,23D,24D;. The Hall–Kier alpha value is -8.54. The fraction of sp³-hybridized carbons (Fsp3) is 0.132. The van der Waals surface area contributed by atoms with Crippen molar-refractivity contribution in [1.82, 2.24) is 4.98 Å². The molecule has 0 aliphatic carbocycles. The minimum absolute atomic E-state index is 0. The molecule has 0 atom stereocenters. The maximum atomic E-state index is 9.36. The van der Waals surface area contributed by atoms with Crippen LogP contribution in [0.25, 0.3) is 44.5 Å². The maximum absolute atomic E-state index is 9.36. The van der Waals surface area contributed by atoms with Crippen molar-refractivity contribution in [3.8, 4) is 56.0 Å². The van der Waals surface area contributed by atoms with E-state index in [-0.39, 0.29) is 49.5 Å². The first-order chi connectivity index (χ1) is 41.8. The maximum Gasteiger partial charge on any atom is 0.135 e. The fourth-order valence-corrected chi connectivity index (χ4v) is 17.9. The number of aryl methyl sites for hydroxylation is 2. The normalized spacial score (nSPS) is 14.5. The SMILES string of the molecule is [2H]c1c([2H])c([2H])c(-c2cccc(-c3cc(-c4ccccc4)cc(C(C)(C)C)c3)c2N2[CH-]N(c3[c-]c(Oc4[c-]c5c(cc4)[Si]4(c6ccc(C)cc6-c6cc(C)ccc64)c4ccccc4N5c4cc(C(C)(C)C)ccn4)ccc3)c3ccccc32)c([2H])c1[2H].[Pt]. The Morgan fingerprint density at radius 1 is 0.482 bits per heavy atom. The molecule has 1 spiro atoms. The Balaban J connectivity index is 0.00000714.